The Bertz CT molecular complexity index is 408. The Kier molecular flexibility index (Phi) is 5.03. The molecule has 0 bridgehead atoms. The van der Waals surface area contributed by atoms with Gasteiger partial charge in [0.25, 0.3) is 0 Å². The number of ether oxygens (including phenoxy) is 1. The first-order valence-electron chi connectivity index (χ1n) is 7.03. The number of aryl methyl sites for hydroxylation is 1. The lowest BCUT2D eigenvalue weighted by Gasteiger charge is -2.23. The van der Waals surface area contributed by atoms with Gasteiger partial charge in [-0.1, -0.05) is 32.9 Å². The summed E-state index contributed by atoms with van der Waals surface area (Å²) < 4.78 is 5.45. The number of methoxy groups -OCH3 is 1. The zero-order valence-corrected chi connectivity index (χ0v) is 13.2. The topological polar surface area (TPSA) is 29.5 Å². The van der Waals surface area contributed by atoms with Crippen LogP contribution in [0, 0.1) is 0 Å². The quantitative estimate of drug-likeness (QED) is 0.868. The first-order chi connectivity index (χ1) is 8.63. The minimum absolute atomic E-state index is 0.0810. The van der Waals surface area contributed by atoms with Gasteiger partial charge in [0.1, 0.15) is 5.75 Å². The van der Waals surface area contributed by atoms with Crippen LogP contribution in [-0.4, -0.2) is 17.8 Å². The molecule has 0 heterocycles. The monoisotopic (exact) mass is 264 g/mol. The van der Waals surface area contributed by atoms with Crippen LogP contribution in [0.25, 0.3) is 0 Å². The molecule has 0 aliphatic carbocycles. The maximum absolute atomic E-state index is 9.74. The molecule has 0 spiro atoms. The summed E-state index contributed by atoms with van der Waals surface area (Å²) in [5.41, 5.74) is 2.07. The molecule has 1 N–H and O–H groups in total. The first-order valence-corrected chi connectivity index (χ1v) is 7.03. The van der Waals surface area contributed by atoms with Crippen molar-refractivity contribution < 1.29 is 9.84 Å². The van der Waals surface area contributed by atoms with E-state index in [-0.39, 0.29) is 5.41 Å². The lowest BCUT2D eigenvalue weighted by Crippen LogP contribution is -2.18. The molecule has 2 heteroatoms. The van der Waals surface area contributed by atoms with Crippen molar-refractivity contribution in [2.75, 3.05) is 7.11 Å². The van der Waals surface area contributed by atoms with E-state index in [4.69, 9.17) is 4.74 Å². The molecule has 0 aliphatic heterocycles. The van der Waals surface area contributed by atoms with Crippen molar-refractivity contribution in [3.63, 3.8) is 0 Å². The van der Waals surface area contributed by atoms with E-state index in [2.05, 4.69) is 39.0 Å². The Morgan fingerprint density at radius 3 is 2.21 bits per heavy atom. The van der Waals surface area contributed by atoms with Gasteiger partial charge < -0.3 is 9.84 Å². The maximum Gasteiger partial charge on any atom is 0.122 e. The highest BCUT2D eigenvalue weighted by Crippen LogP contribution is 2.32. The van der Waals surface area contributed by atoms with Gasteiger partial charge in [0.2, 0.25) is 0 Å². The molecule has 0 amide bonds. The summed E-state index contributed by atoms with van der Waals surface area (Å²) in [5.74, 6) is 0.957. The molecule has 0 saturated carbocycles. The second-order valence-electron chi connectivity index (χ2n) is 6.95. The van der Waals surface area contributed by atoms with Gasteiger partial charge in [-0.25, -0.2) is 0 Å². The van der Waals surface area contributed by atoms with Crippen LogP contribution >= 0.6 is 0 Å². The molecule has 19 heavy (non-hydrogen) atoms. The molecule has 0 atom stereocenters. The van der Waals surface area contributed by atoms with Gasteiger partial charge in [0.15, 0.2) is 0 Å². The van der Waals surface area contributed by atoms with Gasteiger partial charge in [0, 0.05) is 0 Å². The summed E-state index contributed by atoms with van der Waals surface area (Å²) in [6.07, 6.45) is 2.82. The second-order valence-corrected chi connectivity index (χ2v) is 6.95. The lowest BCUT2D eigenvalue weighted by molar-refractivity contribution is 0.0689. The number of aliphatic hydroxyl groups is 1. The van der Waals surface area contributed by atoms with Crippen LogP contribution in [0.5, 0.6) is 5.75 Å². The fourth-order valence-corrected chi connectivity index (χ4v) is 2.22. The fraction of sp³-hybridized carbons (Fsp3) is 0.647. The summed E-state index contributed by atoms with van der Waals surface area (Å²) in [5, 5.41) is 9.74. The van der Waals surface area contributed by atoms with Crippen LogP contribution in [0.1, 0.15) is 58.6 Å². The molecule has 1 aromatic carbocycles. The van der Waals surface area contributed by atoms with Crippen molar-refractivity contribution in [2.45, 2.75) is 64.9 Å². The van der Waals surface area contributed by atoms with Gasteiger partial charge in [0.05, 0.1) is 12.7 Å². The molecule has 0 radical (unpaired) electrons. The van der Waals surface area contributed by atoms with E-state index in [1.54, 1.807) is 7.11 Å². The van der Waals surface area contributed by atoms with Crippen molar-refractivity contribution in [2.24, 2.45) is 0 Å². The van der Waals surface area contributed by atoms with Crippen LogP contribution in [0.15, 0.2) is 18.2 Å². The zero-order valence-electron chi connectivity index (χ0n) is 13.2. The average molecular weight is 264 g/mol. The number of hydrogen-bond acceptors (Lipinski definition) is 2. The van der Waals surface area contributed by atoms with Crippen LogP contribution < -0.4 is 4.74 Å². The smallest absolute Gasteiger partial charge is 0.122 e. The van der Waals surface area contributed by atoms with Crippen molar-refractivity contribution >= 4 is 0 Å². The largest absolute Gasteiger partial charge is 0.496 e. The van der Waals surface area contributed by atoms with Crippen molar-refractivity contribution in [3.8, 4) is 5.75 Å². The number of hydrogen-bond donors (Lipinski definition) is 1. The van der Waals surface area contributed by atoms with E-state index in [1.165, 1.54) is 11.1 Å². The Balaban J connectivity index is 2.82. The molecule has 0 fully saturated rings. The maximum atomic E-state index is 9.74. The molecule has 0 unspecified atom stereocenters. The second kappa shape index (κ2) is 5.96. The van der Waals surface area contributed by atoms with Gasteiger partial charge in [-0.15, -0.1) is 0 Å². The molecule has 0 aromatic heterocycles. The van der Waals surface area contributed by atoms with Gasteiger partial charge in [-0.3, -0.25) is 0 Å². The summed E-state index contributed by atoms with van der Waals surface area (Å²) in [4.78, 5) is 0. The van der Waals surface area contributed by atoms with E-state index < -0.39 is 5.60 Å². The standard InChI is InChI=1S/C17H28O2/c1-16(2,3)14-12-13(9-10-15(14)19-6)8-7-11-17(4,5)18/h9-10,12,18H,7-8,11H2,1-6H3. The molecular formula is C17H28O2. The molecular weight excluding hydrogens is 236 g/mol. The van der Waals surface area contributed by atoms with Crippen LogP contribution in [0.4, 0.5) is 0 Å². The molecule has 2 nitrogen and oxygen atoms in total. The van der Waals surface area contributed by atoms with Gasteiger partial charge in [-0.2, -0.15) is 0 Å². The Labute approximate surface area is 117 Å². The summed E-state index contributed by atoms with van der Waals surface area (Å²) in [6, 6.07) is 6.42. The number of benzene rings is 1. The van der Waals surface area contributed by atoms with E-state index >= 15 is 0 Å². The summed E-state index contributed by atoms with van der Waals surface area (Å²) >= 11 is 0. The highest BCUT2D eigenvalue weighted by Gasteiger charge is 2.19. The lowest BCUT2D eigenvalue weighted by atomic mass is 9.84. The SMILES string of the molecule is COc1ccc(CCCC(C)(C)O)cc1C(C)(C)C. The summed E-state index contributed by atoms with van der Waals surface area (Å²) in [7, 11) is 1.72. The molecule has 0 saturated heterocycles. The Hall–Kier alpha value is -1.02. The highest BCUT2D eigenvalue weighted by molar-refractivity contribution is 5.41. The van der Waals surface area contributed by atoms with E-state index in [1.807, 2.05) is 13.8 Å². The Morgan fingerprint density at radius 2 is 1.74 bits per heavy atom. The minimum Gasteiger partial charge on any atom is -0.496 e. The number of rotatable bonds is 5. The predicted octanol–water partition coefficient (Wildman–Crippen LogP) is 4.09. The van der Waals surface area contributed by atoms with Crippen LogP contribution in [0.3, 0.4) is 0 Å². The predicted molar refractivity (Wildman–Crippen MR) is 80.9 cm³/mol. The normalized spacial score (nSPS) is 12.6. The summed E-state index contributed by atoms with van der Waals surface area (Å²) in [6.45, 7) is 10.3. The van der Waals surface area contributed by atoms with Gasteiger partial charge in [-0.05, 0) is 55.7 Å². The van der Waals surface area contributed by atoms with Crippen molar-refractivity contribution in [3.05, 3.63) is 29.3 Å². The highest BCUT2D eigenvalue weighted by atomic mass is 16.5. The third kappa shape index (κ3) is 5.23. The Morgan fingerprint density at radius 1 is 1.11 bits per heavy atom. The molecule has 1 aromatic rings. The molecule has 1 rings (SSSR count). The van der Waals surface area contributed by atoms with E-state index in [0.29, 0.717) is 0 Å². The van der Waals surface area contributed by atoms with Crippen LogP contribution in [-0.2, 0) is 11.8 Å². The molecule has 0 aliphatic rings. The fourth-order valence-electron chi connectivity index (χ4n) is 2.22. The zero-order chi connectivity index (χ0) is 14.7. The van der Waals surface area contributed by atoms with E-state index in [0.717, 1.165) is 25.0 Å². The van der Waals surface area contributed by atoms with E-state index in [9.17, 15) is 5.11 Å². The van der Waals surface area contributed by atoms with Crippen molar-refractivity contribution in [1.29, 1.82) is 0 Å². The average Bonchev–Trinajstić information content (AvgIpc) is 2.26. The minimum atomic E-state index is -0.570. The van der Waals surface area contributed by atoms with Crippen LogP contribution in [0.2, 0.25) is 0 Å². The third-order valence-electron chi connectivity index (χ3n) is 3.33. The third-order valence-corrected chi connectivity index (χ3v) is 3.33. The van der Waals surface area contributed by atoms with Crippen molar-refractivity contribution in [1.82, 2.24) is 0 Å². The molecule has 108 valence electrons. The first kappa shape index (κ1) is 16.0. The van der Waals surface area contributed by atoms with Gasteiger partial charge >= 0.3 is 0 Å².